The van der Waals surface area contributed by atoms with Gasteiger partial charge in [0.05, 0.1) is 32.8 Å². The molecule has 0 saturated carbocycles. The summed E-state index contributed by atoms with van der Waals surface area (Å²) in [4.78, 5) is -0.0954. The van der Waals surface area contributed by atoms with E-state index in [-0.39, 0.29) is 55.1 Å². The minimum absolute atomic E-state index is 0.0107. The topological polar surface area (TPSA) is 173 Å². The standard InChI is InChI=1S/C42H26N4O5S2/c43-23-37(24-44)35-19-39(31-7-3-1-4-8-31)52(47,48)41(21-35)33-15-11-29(12-16-33)27-51-28-30-13-17-34(18-14-30)42-22-36(38(25-45)26-46)20-40(53(42,49)50)32-9-5-2-6-10-32/h1-22H,27-28H2. The molecule has 2 aliphatic heterocycles. The van der Waals surface area contributed by atoms with Crippen LogP contribution in [0.25, 0.3) is 19.6 Å². The van der Waals surface area contributed by atoms with Crippen LogP contribution in [0.3, 0.4) is 0 Å². The van der Waals surface area contributed by atoms with E-state index >= 15 is 0 Å². The van der Waals surface area contributed by atoms with E-state index in [9.17, 15) is 37.9 Å². The van der Waals surface area contributed by atoms with E-state index in [4.69, 9.17) is 4.74 Å². The van der Waals surface area contributed by atoms with E-state index in [0.717, 1.165) is 11.1 Å². The van der Waals surface area contributed by atoms with Gasteiger partial charge in [-0.1, -0.05) is 109 Å². The maximum atomic E-state index is 13.8. The molecule has 0 aromatic heterocycles. The van der Waals surface area contributed by atoms with Gasteiger partial charge in [0.25, 0.3) is 0 Å². The van der Waals surface area contributed by atoms with Gasteiger partial charge in [0.15, 0.2) is 0 Å². The quantitative estimate of drug-likeness (QED) is 0.165. The molecule has 4 aromatic rings. The molecule has 0 radical (unpaired) electrons. The smallest absolute Gasteiger partial charge is 0.207 e. The number of hydrogen-bond acceptors (Lipinski definition) is 9. The third-order valence-corrected chi connectivity index (χ3v) is 12.2. The SMILES string of the molecule is N#CC(C#N)=C1C=C(c2ccccc2)S(=O)(=O)C(c2ccc(COCc3ccc(C4=CC(=C(C#N)C#N)C=C(c5ccccc5)S4(=O)=O)cc3)cc2)=C1. The Bertz CT molecular complexity index is 2490. The summed E-state index contributed by atoms with van der Waals surface area (Å²) in [5.74, 6) is 0. The zero-order valence-electron chi connectivity index (χ0n) is 27.8. The van der Waals surface area contributed by atoms with Crippen LogP contribution in [-0.2, 0) is 37.6 Å². The summed E-state index contributed by atoms with van der Waals surface area (Å²) in [5, 5.41) is 38.0. The van der Waals surface area contributed by atoms with Crippen LogP contribution in [0.5, 0.6) is 0 Å². The number of ether oxygens (including phenoxy) is 1. The summed E-state index contributed by atoms with van der Waals surface area (Å²) < 4.78 is 61.0. The summed E-state index contributed by atoms with van der Waals surface area (Å²) in [6.07, 6.45) is 5.38. The molecule has 2 aliphatic rings. The first kappa shape index (κ1) is 35.9. The summed E-state index contributed by atoms with van der Waals surface area (Å²) in [5.41, 5.74) is 3.14. The van der Waals surface area contributed by atoms with Gasteiger partial charge in [0.2, 0.25) is 19.7 Å². The highest BCUT2D eigenvalue weighted by molar-refractivity contribution is 8.09. The number of nitriles is 4. The van der Waals surface area contributed by atoms with Gasteiger partial charge in [-0.3, -0.25) is 0 Å². The van der Waals surface area contributed by atoms with Crippen LogP contribution in [0, 0.1) is 45.3 Å². The largest absolute Gasteiger partial charge is 0.372 e. The fourth-order valence-electron chi connectivity index (χ4n) is 5.77. The van der Waals surface area contributed by atoms with Crippen molar-refractivity contribution in [3.05, 3.63) is 189 Å². The molecule has 0 bridgehead atoms. The Kier molecular flexibility index (Phi) is 10.3. The van der Waals surface area contributed by atoms with E-state index in [1.165, 1.54) is 24.3 Å². The zero-order chi connectivity index (χ0) is 37.6. The van der Waals surface area contributed by atoms with Crippen molar-refractivity contribution in [1.29, 1.82) is 21.0 Å². The van der Waals surface area contributed by atoms with Crippen molar-refractivity contribution in [2.75, 3.05) is 0 Å². The van der Waals surface area contributed by atoms with Gasteiger partial charge < -0.3 is 4.74 Å². The van der Waals surface area contributed by atoms with Gasteiger partial charge in [-0.05, 0) is 57.7 Å². The van der Waals surface area contributed by atoms with Crippen molar-refractivity contribution in [2.45, 2.75) is 13.2 Å². The monoisotopic (exact) mass is 730 g/mol. The molecule has 2 heterocycles. The normalized spacial score (nSPS) is 15.5. The highest BCUT2D eigenvalue weighted by Crippen LogP contribution is 2.40. The molecule has 0 saturated heterocycles. The third-order valence-electron chi connectivity index (χ3n) is 8.46. The van der Waals surface area contributed by atoms with Crippen LogP contribution in [0.1, 0.15) is 33.4 Å². The fraction of sp³-hybridized carbons (Fsp3) is 0.0476. The van der Waals surface area contributed by atoms with Crippen LogP contribution < -0.4 is 0 Å². The van der Waals surface area contributed by atoms with Crippen LogP contribution in [-0.4, -0.2) is 16.8 Å². The predicted octanol–water partition coefficient (Wildman–Crippen LogP) is 7.71. The number of benzene rings is 4. The van der Waals surface area contributed by atoms with Crippen molar-refractivity contribution in [2.24, 2.45) is 0 Å². The first-order chi connectivity index (χ1) is 25.6. The predicted molar refractivity (Wildman–Crippen MR) is 201 cm³/mol. The molecule has 0 fully saturated rings. The van der Waals surface area contributed by atoms with Crippen LogP contribution in [0.15, 0.2) is 156 Å². The number of allylic oxidation sites excluding steroid dienone is 8. The van der Waals surface area contributed by atoms with Crippen molar-refractivity contribution in [1.82, 2.24) is 0 Å². The summed E-state index contributed by atoms with van der Waals surface area (Å²) >= 11 is 0. The number of sulfone groups is 2. The zero-order valence-corrected chi connectivity index (χ0v) is 29.4. The first-order valence-electron chi connectivity index (χ1n) is 15.9. The van der Waals surface area contributed by atoms with E-state index in [0.29, 0.717) is 22.3 Å². The fourth-order valence-corrected chi connectivity index (χ4v) is 9.16. The number of hydrogen-bond donors (Lipinski definition) is 0. The molecule has 0 N–H and O–H groups in total. The van der Waals surface area contributed by atoms with Gasteiger partial charge in [0, 0.05) is 11.1 Å². The van der Waals surface area contributed by atoms with E-state index < -0.39 is 19.7 Å². The molecule has 0 aliphatic carbocycles. The van der Waals surface area contributed by atoms with Gasteiger partial charge in [-0.15, -0.1) is 0 Å². The Balaban J connectivity index is 1.19. The molecule has 11 heteroatoms. The maximum absolute atomic E-state index is 13.8. The molecule has 53 heavy (non-hydrogen) atoms. The van der Waals surface area contributed by atoms with Gasteiger partial charge in [-0.25, -0.2) is 16.8 Å². The lowest BCUT2D eigenvalue weighted by molar-refractivity contribution is 0.107. The van der Waals surface area contributed by atoms with Gasteiger partial charge in [0.1, 0.15) is 35.4 Å². The van der Waals surface area contributed by atoms with Gasteiger partial charge in [-0.2, -0.15) is 21.0 Å². The lowest BCUT2D eigenvalue weighted by atomic mass is 10.0. The van der Waals surface area contributed by atoms with Crippen molar-refractivity contribution in [3.8, 4) is 24.3 Å². The van der Waals surface area contributed by atoms with E-state index in [2.05, 4.69) is 0 Å². The van der Waals surface area contributed by atoms with E-state index in [1.807, 2.05) is 24.3 Å². The lowest BCUT2D eigenvalue weighted by Crippen LogP contribution is -2.11. The first-order valence-corrected chi connectivity index (χ1v) is 18.9. The molecule has 6 rings (SSSR count). The highest BCUT2D eigenvalue weighted by atomic mass is 32.2. The molecule has 4 aromatic carbocycles. The Labute approximate surface area is 307 Å². The van der Waals surface area contributed by atoms with Crippen molar-refractivity contribution < 1.29 is 21.6 Å². The molecule has 0 unspecified atom stereocenters. The third kappa shape index (κ3) is 7.32. The molecule has 0 amide bonds. The molecular formula is C42H26N4O5S2. The second kappa shape index (κ2) is 15.2. The Morgan fingerprint density at radius 2 is 0.717 bits per heavy atom. The number of nitrogens with zero attached hydrogens (tertiary/aromatic N) is 4. The summed E-state index contributed by atoms with van der Waals surface area (Å²) in [6, 6.07) is 37.8. The Morgan fingerprint density at radius 1 is 0.434 bits per heavy atom. The Hall–Kier alpha value is -6.86. The second-order valence-electron chi connectivity index (χ2n) is 11.8. The lowest BCUT2D eigenvalue weighted by Gasteiger charge is -2.19. The van der Waals surface area contributed by atoms with Crippen LogP contribution in [0.2, 0.25) is 0 Å². The molecule has 9 nitrogen and oxygen atoms in total. The summed E-state index contributed by atoms with van der Waals surface area (Å²) in [7, 11) is -8.01. The molecule has 0 spiro atoms. The minimum atomic E-state index is -4.00. The average molecular weight is 731 g/mol. The van der Waals surface area contributed by atoms with E-state index in [1.54, 1.807) is 109 Å². The van der Waals surface area contributed by atoms with Crippen LogP contribution >= 0.6 is 0 Å². The number of rotatable bonds is 8. The molecule has 256 valence electrons. The van der Waals surface area contributed by atoms with Crippen LogP contribution in [0.4, 0.5) is 0 Å². The molecule has 0 atom stereocenters. The summed E-state index contributed by atoms with van der Waals surface area (Å²) in [6.45, 7) is 0.371. The molecular weight excluding hydrogens is 705 g/mol. The van der Waals surface area contributed by atoms with Gasteiger partial charge >= 0.3 is 0 Å². The van der Waals surface area contributed by atoms with Crippen molar-refractivity contribution >= 4 is 39.3 Å². The minimum Gasteiger partial charge on any atom is -0.372 e. The Morgan fingerprint density at radius 3 is 1.00 bits per heavy atom. The highest BCUT2D eigenvalue weighted by Gasteiger charge is 2.32. The average Bonchev–Trinajstić information content (AvgIpc) is 3.18. The van der Waals surface area contributed by atoms with Crippen molar-refractivity contribution in [3.63, 3.8) is 0 Å². The maximum Gasteiger partial charge on any atom is 0.207 e. The second-order valence-corrected chi connectivity index (χ2v) is 15.5.